The summed E-state index contributed by atoms with van der Waals surface area (Å²) in [7, 11) is 2.26. The van der Waals surface area contributed by atoms with Crippen molar-refractivity contribution in [3.8, 4) is 0 Å². The van der Waals surface area contributed by atoms with Crippen LogP contribution in [0.3, 0.4) is 0 Å². The zero-order valence-corrected chi connectivity index (χ0v) is 22.5. The normalized spacial score (nSPS) is 14.9. The van der Waals surface area contributed by atoms with Crippen molar-refractivity contribution in [1.82, 2.24) is 0 Å². The lowest BCUT2D eigenvalue weighted by molar-refractivity contribution is 0.0710. The van der Waals surface area contributed by atoms with Gasteiger partial charge in [0.25, 0.3) is 0 Å². The summed E-state index contributed by atoms with van der Waals surface area (Å²) in [6.45, 7) is 8.69. The van der Waals surface area contributed by atoms with Gasteiger partial charge in [0.15, 0.2) is 0 Å². The molecule has 176 valence electrons. The average Bonchev–Trinajstić information content (AvgIpc) is 2.69. The van der Waals surface area contributed by atoms with E-state index in [-0.39, 0.29) is 5.04 Å². The quantitative estimate of drug-likeness (QED) is 0.106. The van der Waals surface area contributed by atoms with Crippen LogP contribution in [0.5, 0.6) is 0 Å². The van der Waals surface area contributed by atoms with E-state index < -0.39 is 13.7 Å². The molecule has 0 bridgehead atoms. The van der Waals surface area contributed by atoms with Crippen molar-refractivity contribution in [3.63, 3.8) is 0 Å². The van der Waals surface area contributed by atoms with E-state index in [1.165, 1.54) is 70.6 Å². The standard InChI is InChI=1S/C24H51ClO3Si/c1-8-10-11-12-13-14-15-16-17-18-19-20-22-24(21-9-2,23(3,4)25)29(26-5,27-6)28-7/h8-22H2,1-7H3. The van der Waals surface area contributed by atoms with Crippen LogP contribution in [0.4, 0.5) is 0 Å². The van der Waals surface area contributed by atoms with Crippen LogP contribution in [0.2, 0.25) is 5.04 Å². The molecule has 0 aliphatic heterocycles. The molecule has 0 aromatic rings. The number of alkyl halides is 1. The van der Waals surface area contributed by atoms with Gasteiger partial charge in [0, 0.05) is 26.2 Å². The molecular formula is C24H51ClO3Si. The minimum absolute atomic E-state index is 0.271. The monoisotopic (exact) mass is 450 g/mol. The van der Waals surface area contributed by atoms with Crippen LogP contribution in [-0.2, 0) is 13.3 Å². The fourth-order valence-electron chi connectivity index (χ4n) is 4.92. The first-order valence-corrected chi connectivity index (χ1v) is 14.3. The second-order valence-electron chi connectivity index (χ2n) is 9.11. The van der Waals surface area contributed by atoms with E-state index in [9.17, 15) is 0 Å². The average molecular weight is 451 g/mol. The Morgan fingerprint density at radius 1 is 0.586 bits per heavy atom. The van der Waals surface area contributed by atoms with Crippen molar-refractivity contribution in [2.24, 2.45) is 0 Å². The minimum Gasteiger partial charge on any atom is -0.376 e. The Balaban J connectivity index is 4.49. The number of hydrogen-bond acceptors (Lipinski definition) is 3. The van der Waals surface area contributed by atoms with Crippen LogP contribution >= 0.6 is 11.6 Å². The van der Waals surface area contributed by atoms with Gasteiger partial charge in [-0.2, -0.15) is 0 Å². The summed E-state index contributed by atoms with van der Waals surface area (Å²) in [5.41, 5.74) is 0. The van der Waals surface area contributed by atoms with E-state index >= 15 is 0 Å². The molecule has 5 heteroatoms. The van der Waals surface area contributed by atoms with Crippen molar-refractivity contribution in [3.05, 3.63) is 0 Å². The summed E-state index contributed by atoms with van der Waals surface area (Å²) >= 11 is 6.99. The van der Waals surface area contributed by atoms with Gasteiger partial charge in [0.2, 0.25) is 0 Å². The molecular weight excluding hydrogens is 400 g/mol. The molecule has 0 fully saturated rings. The van der Waals surface area contributed by atoms with E-state index in [1.807, 2.05) is 0 Å². The van der Waals surface area contributed by atoms with Crippen LogP contribution < -0.4 is 0 Å². The summed E-state index contributed by atoms with van der Waals surface area (Å²) in [5.74, 6) is 0. The van der Waals surface area contributed by atoms with E-state index in [1.54, 1.807) is 21.3 Å². The Labute approximate surface area is 189 Å². The van der Waals surface area contributed by atoms with E-state index in [4.69, 9.17) is 24.9 Å². The summed E-state index contributed by atoms with van der Waals surface area (Å²) in [6.07, 6.45) is 19.2. The van der Waals surface area contributed by atoms with Gasteiger partial charge in [-0.15, -0.1) is 11.6 Å². The van der Waals surface area contributed by atoms with Crippen molar-refractivity contribution in [1.29, 1.82) is 0 Å². The third-order valence-corrected chi connectivity index (χ3v) is 11.1. The van der Waals surface area contributed by atoms with Crippen molar-refractivity contribution in [2.45, 2.75) is 134 Å². The topological polar surface area (TPSA) is 27.7 Å². The first kappa shape index (κ1) is 29.4. The molecule has 0 radical (unpaired) electrons. The number of unbranched alkanes of at least 4 members (excludes halogenated alkanes) is 11. The van der Waals surface area contributed by atoms with Gasteiger partial charge in [-0.05, 0) is 26.7 Å². The highest BCUT2D eigenvalue weighted by molar-refractivity contribution is 6.66. The second kappa shape index (κ2) is 16.1. The Hall–Kier alpha value is 0.387. The molecule has 0 aromatic heterocycles. The lowest BCUT2D eigenvalue weighted by Crippen LogP contribution is -2.60. The van der Waals surface area contributed by atoms with Crippen molar-refractivity contribution >= 4 is 20.4 Å². The maximum Gasteiger partial charge on any atom is 0.508 e. The molecule has 0 heterocycles. The fraction of sp³-hybridized carbons (Fsp3) is 1.00. The molecule has 0 spiro atoms. The van der Waals surface area contributed by atoms with Crippen LogP contribution in [0.1, 0.15) is 124 Å². The smallest absolute Gasteiger partial charge is 0.376 e. The molecule has 1 atom stereocenters. The molecule has 3 nitrogen and oxygen atoms in total. The van der Waals surface area contributed by atoms with Gasteiger partial charge in [-0.1, -0.05) is 97.3 Å². The number of halogens is 1. The summed E-state index contributed by atoms with van der Waals surface area (Å²) < 4.78 is 17.8. The SMILES string of the molecule is CCCCCCCCCCCCCCC(CCC)(C(C)(C)Cl)[Si](OC)(OC)OC. The zero-order chi connectivity index (χ0) is 22.2. The van der Waals surface area contributed by atoms with Crippen molar-refractivity contribution < 1.29 is 13.3 Å². The molecule has 0 saturated carbocycles. The van der Waals surface area contributed by atoms with Crippen molar-refractivity contribution in [2.75, 3.05) is 21.3 Å². The highest BCUT2D eigenvalue weighted by Gasteiger charge is 2.65. The second-order valence-corrected chi connectivity index (χ2v) is 13.4. The van der Waals surface area contributed by atoms with E-state index in [2.05, 4.69) is 27.7 Å². The van der Waals surface area contributed by atoms with Gasteiger partial charge < -0.3 is 13.3 Å². The summed E-state index contributed by atoms with van der Waals surface area (Å²) in [4.78, 5) is -0.449. The molecule has 0 aromatic carbocycles. The fourth-order valence-corrected chi connectivity index (χ4v) is 8.90. The molecule has 0 amide bonds. The molecule has 1 unspecified atom stereocenters. The molecule has 0 N–H and O–H groups in total. The predicted octanol–water partition coefficient (Wildman–Crippen LogP) is 8.51. The number of rotatable bonds is 20. The maximum atomic E-state index is 6.99. The Morgan fingerprint density at radius 2 is 0.966 bits per heavy atom. The minimum atomic E-state index is -2.89. The first-order valence-electron chi connectivity index (χ1n) is 12.1. The lowest BCUT2D eigenvalue weighted by Gasteiger charge is -2.50. The molecule has 0 aliphatic carbocycles. The molecule has 0 saturated heterocycles. The van der Waals surface area contributed by atoms with Gasteiger partial charge in [-0.3, -0.25) is 0 Å². The largest absolute Gasteiger partial charge is 0.508 e. The third-order valence-electron chi connectivity index (χ3n) is 6.66. The summed E-state index contributed by atoms with van der Waals surface area (Å²) in [6, 6.07) is 0. The van der Waals surface area contributed by atoms with Crippen LogP contribution in [-0.4, -0.2) is 35.0 Å². The van der Waals surface area contributed by atoms with E-state index in [0.29, 0.717) is 0 Å². The van der Waals surface area contributed by atoms with Crippen LogP contribution in [0.15, 0.2) is 0 Å². The number of hydrogen-bond donors (Lipinski definition) is 0. The first-order chi connectivity index (χ1) is 13.8. The van der Waals surface area contributed by atoms with Gasteiger partial charge in [0.1, 0.15) is 0 Å². The van der Waals surface area contributed by atoms with Gasteiger partial charge in [-0.25, -0.2) is 0 Å². The molecule has 0 aliphatic rings. The van der Waals surface area contributed by atoms with Gasteiger partial charge >= 0.3 is 8.80 Å². The van der Waals surface area contributed by atoms with E-state index in [0.717, 1.165) is 25.7 Å². The van der Waals surface area contributed by atoms with Crippen LogP contribution in [0, 0.1) is 0 Å². The highest BCUT2D eigenvalue weighted by atomic mass is 35.5. The summed E-state index contributed by atoms with van der Waals surface area (Å²) in [5, 5.41) is -0.271. The molecule has 29 heavy (non-hydrogen) atoms. The highest BCUT2D eigenvalue weighted by Crippen LogP contribution is 2.58. The van der Waals surface area contributed by atoms with Crippen LogP contribution in [0.25, 0.3) is 0 Å². The Kier molecular flexibility index (Phi) is 16.3. The maximum absolute atomic E-state index is 6.99. The zero-order valence-electron chi connectivity index (χ0n) is 20.7. The third kappa shape index (κ3) is 9.19. The lowest BCUT2D eigenvalue weighted by atomic mass is 9.84. The Bertz CT molecular complexity index is 375. The van der Waals surface area contributed by atoms with Gasteiger partial charge in [0.05, 0.1) is 5.04 Å². The predicted molar refractivity (Wildman–Crippen MR) is 130 cm³/mol. The molecule has 0 rings (SSSR count). The Morgan fingerprint density at radius 3 is 1.28 bits per heavy atom.